The fourth-order valence-corrected chi connectivity index (χ4v) is 3.05. The zero-order valence-corrected chi connectivity index (χ0v) is 11.6. The van der Waals surface area contributed by atoms with Crippen molar-refractivity contribution in [2.75, 3.05) is 13.1 Å². The van der Waals surface area contributed by atoms with Crippen molar-refractivity contribution < 1.29 is 9.72 Å². The minimum atomic E-state index is -0.423. The van der Waals surface area contributed by atoms with Crippen LogP contribution < -0.4 is 0 Å². The first kappa shape index (κ1) is 13.9. The summed E-state index contributed by atoms with van der Waals surface area (Å²) in [6.45, 7) is 3.58. The lowest BCUT2D eigenvalue weighted by Crippen LogP contribution is -2.33. The molecule has 1 aliphatic rings. The minimum Gasteiger partial charge on any atom is -0.342 e. The number of carbonyl (C=O) groups excluding carboxylic acids is 1. The van der Waals surface area contributed by atoms with E-state index in [-0.39, 0.29) is 16.8 Å². The second-order valence-electron chi connectivity index (χ2n) is 4.54. The first-order valence-electron chi connectivity index (χ1n) is 6.28. The standard InChI is InChI=1S/C13H16N2O3S/c1-10(13(16)14-8-2-3-9-14)19-12-6-4-11(5-7-12)15(17)18/h4-7,10H,2-3,8-9H2,1H3. The van der Waals surface area contributed by atoms with Gasteiger partial charge in [0.25, 0.3) is 5.69 Å². The molecule has 0 radical (unpaired) electrons. The average molecular weight is 280 g/mol. The zero-order chi connectivity index (χ0) is 13.8. The van der Waals surface area contributed by atoms with E-state index in [0.717, 1.165) is 30.8 Å². The van der Waals surface area contributed by atoms with Crippen molar-refractivity contribution in [2.24, 2.45) is 0 Å². The van der Waals surface area contributed by atoms with Crippen molar-refractivity contribution in [3.05, 3.63) is 34.4 Å². The largest absolute Gasteiger partial charge is 0.342 e. The van der Waals surface area contributed by atoms with Gasteiger partial charge in [0.1, 0.15) is 0 Å². The molecule has 0 spiro atoms. The van der Waals surface area contributed by atoms with Gasteiger partial charge in [-0.05, 0) is 31.9 Å². The Balaban J connectivity index is 1.96. The number of likely N-dealkylation sites (tertiary alicyclic amines) is 1. The van der Waals surface area contributed by atoms with Crippen LogP contribution in [0.5, 0.6) is 0 Å². The molecule has 0 N–H and O–H groups in total. The van der Waals surface area contributed by atoms with Gasteiger partial charge in [0, 0.05) is 30.1 Å². The molecule has 1 fully saturated rings. The number of hydrogen-bond donors (Lipinski definition) is 0. The minimum absolute atomic E-state index is 0.0721. The van der Waals surface area contributed by atoms with E-state index in [4.69, 9.17) is 0 Å². The molecule has 102 valence electrons. The normalized spacial score (nSPS) is 16.4. The van der Waals surface area contributed by atoms with Crippen LogP contribution in [0.3, 0.4) is 0 Å². The third-order valence-electron chi connectivity index (χ3n) is 3.13. The van der Waals surface area contributed by atoms with E-state index in [2.05, 4.69) is 0 Å². The van der Waals surface area contributed by atoms with E-state index in [1.165, 1.54) is 23.9 Å². The van der Waals surface area contributed by atoms with Crippen molar-refractivity contribution >= 4 is 23.4 Å². The molecule has 0 bridgehead atoms. The van der Waals surface area contributed by atoms with Crippen LogP contribution in [0.25, 0.3) is 0 Å². The van der Waals surface area contributed by atoms with Crippen molar-refractivity contribution in [1.29, 1.82) is 0 Å². The number of non-ortho nitro benzene ring substituents is 1. The van der Waals surface area contributed by atoms with Gasteiger partial charge >= 0.3 is 0 Å². The first-order chi connectivity index (χ1) is 9.08. The number of nitro benzene ring substituents is 1. The van der Waals surface area contributed by atoms with E-state index in [1.54, 1.807) is 12.1 Å². The predicted octanol–water partition coefficient (Wildman–Crippen LogP) is 2.70. The van der Waals surface area contributed by atoms with E-state index in [0.29, 0.717) is 0 Å². The van der Waals surface area contributed by atoms with Crippen molar-refractivity contribution in [2.45, 2.75) is 29.9 Å². The Morgan fingerprint density at radius 2 is 1.89 bits per heavy atom. The number of carbonyl (C=O) groups is 1. The molecule has 6 heteroatoms. The number of amides is 1. The Hall–Kier alpha value is -1.56. The van der Waals surface area contributed by atoms with Crippen LogP contribution in [0.2, 0.25) is 0 Å². The van der Waals surface area contributed by atoms with Crippen LogP contribution in [-0.4, -0.2) is 34.1 Å². The molecule has 0 saturated carbocycles. The third kappa shape index (κ3) is 3.47. The average Bonchev–Trinajstić information content (AvgIpc) is 2.92. The molecule has 1 aliphatic heterocycles. The Morgan fingerprint density at radius 3 is 2.42 bits per heavy atom. The SMILES string of the molecule is CC(Sc1ccc([N+](=O)[O-])cc1)C(=O)N1CCCC1. The van der Waals surface area contributed by atoms with E-state index in [9.17, 15) is 14.9 Å². The van der Waals surface area contributed by atoms with E-state index in [1.807, 2.05) is 11.8 Å². The zero-order valence-electron chi connectivity index (χ0n) is 10.7. The van der Waals surface area contributed by atoms with Crippen molar-refractivity contribution in [3.8, 4) is 0 Å². The van der Waals surface area contributed by atoms with Crippen molar-refractivity contribution in [3.63, 3.8) is 0 Å². The molecular formula is C13H16N2O3S. The van der Waals surface area contributed by atoms with Crippen LogP contribution in [-0.2, 0) is 4.79 Å². The van der Waals surface area contributed by atoms with Crippen LogP contribution in [0.15, 0.2) is 29.2 Å². The highest BCUT2D eigenvalue weighted by molar-refractivity contribution is 8.00. The van der Waals surface area contributed by atoms with Gasteiger partial charge in [-0.1, -0.05) is 0 Å². The molecule has 1 amide bonds. The predicted molar refractivity (Wildman–Crippen MR) is 74.2 cm³/mol. The molecular weight excluding hydrogens is 264 g/mol. The molecule has 19 heavy (non-hydrogen) atoms. The number of hydrogen-bond acceptors (Lipinski definition) is 4. The second-order valence-corrected chi connectivity index (χ2v) is 5.96. The maximum Gasteiger partial charge on any atom is 0.269 e. The Morgan fingerprint density at radius 1 is 1.32 bits per heavy atom. The molecule has 5 nitrogen and oxygen atoms in total. The molecule has 1 aromatic rings. The van der Waals surface area contributed by atoms with Crippen LogP contribution >= 0.6 is 11.8 Å². The molecule has 1 saturated heterocycles. The van der Waals surface area contributed by atoms with Crippen molar-refractivity contribution in [1.82, 2.24) is 4.90 Å². The van der Waals surface area contributed by atoms with Crippen LogP contribution in [0, 0.1) is 10.1 Å². The Labute approximate surface area is 116 Å². The van der Waals surface area contributed by atoms with Gasteiger partial charge in [0.05, 0.1) is 10.2 Å². The fraction of sp³-hybridized carbons (Fsp3) is 0.462. The topological polar surface area (TPSA) is 63.5 Å². The first-order valence-corrected chi connectivity index (χ1v) is 7.16. The Bertz CT molecular complexity index is 469. The van der Waals surface area contributed by atoms with Gasteiger partial charge in [-0.3, -0.25) is 14.9 Å². The molecule has 1 atom stereocenters. The lowest BCUT2D eigenvalue weighted by molar-refractivity contribution is -0.384. The second kappa shape index (κ2) is 6.06. The summed E-state index contributed by atoms with van der Waals surface area (Å²) >= 11 is 1.45. The van der Waals surface area contributed by atoms with Crippen LogP contribution in [0.4, 0.5) is 5.69 Å². The molecule has 1 unspecified atom stereocenters. The monoisotopic (exact) mass is 280 g/mol. The number of rotatable bonds is 4. The summed E-state index contributed by atoms with van der Waals surface area (Å²) < 4.78 is 0. The summed E-state index contributed by atoms with van der Waals surface area (Å²) in [5.74, 6) is 0.154. The molecule has 0 aromatic heterocycles. The summed E-state index contributed by atoms with van der Waals surface area (Å²) in [6.07, 6.45) is 2.17. The highest BCUT2D eigenvalue weighted by atomic mass is 32.2. The van der Waals surface area contributed by atoms with Gasteiger partial charge in [-0.25, -0.2) is 0 Å². The van der Waals surface area contributed by atoms with Crippen LogP contribution in [0.1, 0.15) is 19.8 Å². The lowest BCUT2D eigenvalue weighted by atomic mass is 10.3. The molecule has 1 aromatic carbocycles. The maximum atomic E-state index is 12.1. The van der Waals surface area contributed by atoms with E-state index < -0.39 is 4.92 Å². The molecule has 2 rings (SSSR count). The molecule has 1 heterocycles. The van der Waals surface area contributed by atoms with Gasteiger partial charge in [0.15, 0.2) is 0 Å². The van der Waals surface area contributed by atoms with Gasteiger partial charge < -0.3 is 4.90 Å². The maximum absolute atomic E-state index is 12.1. The summed E-state index contributed by atoms with van der Waals surface area (Å²) in [5, 5.41) is 10.4. The Kier molecular flexibility index (Phi) is 4.42. The number of thioether (sulfide) groups is 1. The number of nitro groups is 1. The highest BCUT2D eigenvalue weighted by Crippen LogP contribution is 2.27. The highest BCUT2D eigenvalue weighted by Gasteiger charge is 2.23. The number of benzene rings is 1. The summed E-state index contributed by atoms with van der Waals surface area (Å²) in [5.41, 5.74) is 0.0721. The third-order valence-corrected chi connectivity index (χ3v) is 4.23. The van der Waals surface area contributed by atoms with Gasteiger partial charge in [-0.15, -0.1) is 11.8 Å². The lowest BCUT2D eigenvalue weighted by Gasteiger charge is -2.19. The smallest absolute Gasteiger partial charge is 0.269 e. The van der Waals surface area contributed by atoms with E-state index >= 15 is 0 Å². The van der Waals surface area contributed by atoms with Gasteiger partial charge in [0.2, 0.25) is 5.91 Å². The van der Waals surface area contributed by atoms with Gasteiger partial charge in [-0.2, -0.15) is 0 Å². The summed E-state index contributed by atoms with van der Waals surface area (Å²) in [7, 11) is 0. The number of nitrogens with zero attached hydrogens (tertiary/aromatic N) is 2. The fourth-order valence-electron chi connectivity index (χ4n) is 2.10. The summed E-state index contributed by atoms with van der Waals surface area (Å²) in [6, 6.07) is 6.32. The quantitative estimate of drug-likeness (QED) is 0.483. The molecule has 0 aliphatic carbocycles. The summed E-state index contributed by atoms with van der Waals surface area (Å²) in [4.78, 5) is 25.0.